The van der Waals surface area contributed by atoms with Crippen molar-refractivity contribution in [2.75, 3.05) is 13.2 Å². The Balaban J connectivity index is 1.93. The number of benzene rings is 2. The molecule has 0 saturated carbocycles. The lowest BCUT2D eigenvalue weighted by atomic mass is 10.0. The van der Waals surface area contributed by atoms with E-state index in [0.29, 0.717) is 40.3 Å². The lowest BCUT2D eigenvalue weighted by Crippen LogP contribution is -2.15. The van der Waals surface area contributed by atoms with Gasteiger partial charge in [0.2, 0.25) is 0 Å². The number of ether oxygens (including phenoxy) is 2. The summed E-state index contributed by atoms with van der Waals surface area (Å²) in [6.07, 6.45) is -0.845. The molecule has 3 rings (SSSR count). The molecule has 1 unspecified atom stereocenters. The minimum Gasteiger partial charge on any atom is -0.486 e. The van der Waals surface area contributed by atoms with Gasteiger partial charge in [-0.05, 0) is 51.3 Å². The first-order chi connectivity index (χ1) is 9.65. The van der Waals surface area contributed by atoms with Crippen LogP contribution < -0.4 is 9.47 Å². The highest BCUT2D eigenvalue weighted by Crippen LogP contribution is 2.34. The van der Waals surface area contributed by atoms with Crippen molar-refractivity contribution in [2.24, 2.45) is 0 Å². The van der Waals surface area contributed by atoms with Crippen molar-refractivity contribution in [2.45, 2.75) is 6.10 Å². The van der Waals surface area contributed by atoms with E-state index < -0.39 is 6.10 Å². The number of aliphatic hydroxyl groups excluding tert-OH is 1. The molecule has 1 aliphatic rings. The van der Waals surface area contributed by atoms with E-state index in [4.69, 9.17) is 9.47 Å². The van der Waals surface area contributed by atoms with Gasteiger partial charge >= 0.3 is 0 Å². The number of hydrogen-bond acceptors (Lipinski definition) is 3. The molecule has 1 atom stereocenters. The lowest BCUT2D eigenvalue weighted by molar-refractivity contribution is 0.169. The lowest BCUT2D eigenvalue weighted by Gasteiger charge is -2.20. The summed E-state index contributed by atoms with van der Waals surface area (Å²) in [5.74, 6) is 0.935. The molecule has 1 aliphatic heterocycles. The molecule has 104 valence electrons. The van der Waals surface area contributed by atoms with E-state index in [1.165, 1.54) is 6.07 Å². The molecular formula is C15H12BrFO3. The van der Waals surface area contributed by atoms with E-state index in [1.807, 2.05) is 0 Å². The molecule has 2 aromatic rings. The zero-order valence-electron chi connectivity index (χ0n) is 10.5. The van der Waals surface area contributed by atoms with E-state index in [-0.39, 0.29) is 5.82 Å². The molecule has 0 fully saturated rings. The molecule has 0 aliphatic carbocycles. The summed E-state index contributed by atoms with van der Waals surface area (Å²) in [6, 6.07) is 9.73. The molecule has 1 N–H and O–H groups in total. The highest BCUT2D eigenvalue weighted by Gasteiger charge is 2.17. The topological polar surface area (TPSA) is 38.7 Å². The van der Waals surface area contributed by atoms with Gasteiger partial charge in [-0.1, -0.05) is 12.1 Å². The summed E-state index contributed by atoms with van der Waals surface area (Å²) in [7, 11) is 0. The van der Waals surface area contributed by atoms with E-state index in [1.54, 1.807) is 30.3 Å². The third-order valence-corrected chi connectivity index (χ3v) is 3.75. The van der Waals surface area contributed by atoms with Crippen LogP contribution in [0.25, 0.3) is 0 Å². The molecule has 3 nitrogen and oxygen atoms in total. The van der Waals surface area contributed by atoms with Crippen LogP contribution in [0.5, 0.6) is 11.5 Å². The summed E-state index contributed by atoms with van der Waals surface area (Å²) >= 11 is 3.12. The summed E-state index contributed by atoms with van der Waals surface area (Å²) < 4.78 is 24.5. The van der Waals surface area contributed by atoms with Gasteiger partial charge in [0, 0.05) is 0 Å². The summed E-state index contributed by atoms with van der Waals surface area (Å²) in [5.41, 5.74) is 1.28. The minimum absolute atomic E-state index is 0.326. The van der Waals surface area contributed by atoms with E-state index in [2.05, 4.69) is 15.9 Å². The first kappa shape index (κ1) is 13.4. The van der Waals surface area contributed by atoms with Gasteiger partial charge in [-0.2, -0.15) is 0 Å². The molecule has 5 heteroatoms. The number of hydrogen-bond donors (Lipinski definition) is 1. The van der Waals surface area contributed by atoms with E-state index in [9.17, 15) is 9.50 Å². The second kappa shape index (κ2) is 5.42. The van der Waals surface area contributed by atoms with Crippen LogP contribution in [0.2, 0.25) is 0 Å². The van der Waals surface area contributed by atoms with E-state index >= 15 is 0 Å². The van der Waals surface area contributed by atoms with Crippen molar-refractivity contribution >= 4 is 15.9 Å². The van der Waals surface area contributed by atoms with Crippen molar-refractivity contribution < 1.29 is 19.0 Å². The van der Waals surface area contributed by atoms with Crippen molar-refractivity contribution in [3.8, 4) is 11.5 Å². The number of halogens is 2. The summed E-state index contributed by atoms with van der Waals surface area (Å²) in [4.78, 5) is 0. The Bertz CT molecular complexity index is 645. The fourth-order valence-electron chi connectivity index (χ4n) is 2.10. The highest BCUT2D eigenvalue weighted by molar-refractivity contribution is 9.10. The van der Waals surface area contributed by atoms with Crippen LogP contribution in [0.1, 0.15) is 17.2 Å². The third-order valence-electron chi connectivity index (χ3n) is 3.14. The van der Waals surface area contributed by atoms with Gasteiger partial charge in [-0.3, -0.25) is 0 Å². The molecule has 0 amide bonds. The monoisotopic (exact) mass is 338 g/mol. The van der Waals surface area contributed by atoms with Gasteiger partial charge in [-0.15, -0.1) is 0 Å². The fourth-order valence-corrected chi connectivity index (χ4v) is 2.50. The van der Waals surface area contributed by atoms with Crippen molar-refractivity contribution in [1.82, 2.24) is 0 Å². The number of rotatable bonds is 2. The van der Waals surface area contributed by atoms with Crippen LogP contribution in [-0.2, 0) is 0 Å². The van der Waals surface area contributed by atoms with Crippen LogP contribution in [-0.4, -0.2) is 18.3 Å². The second-order valence-electron chi connectivity index (χ2n) is 4.48. The Hall–Kier alpha value is -1.59. The average Bonchev–Trinajstić information content (AvgIpc) is 2.49. The fraction of sp³-hybridized carbons (Fsp3) is 0.200. The highest BCUT2D eigenvalue weighted by atomic mass is 79.9. The quantitative estimate of drug-likeness (QED) is 0.911. The Morgan fingerprint density at radius 1 is 1.00 bits per heavy atom. The largest absolute Gasteiger partial charge is 0.486 e. The molecule has 0 radical (unpaired) electrons. The zero-order chi connectivity index (χ0) is 14.1. The van der Waals surface area contributed by atoms with Crippen molar-refractivity contribution in [3.05, 3.63) is 57.8 Å². The predicted octanol–water partition coefficient (Wildman–Crippen LogP) is 3.44. The first-order valence-corrected chi connectivity index (χ1v) is 6.97. The van der Waals surface area contributed by atoms with Crippen LogP contribution >= 0.6 is 15.9 Å². The average molecular weight is 339 g/mol. The molecule has 0 saturated heterocycles. The van der Waals surface area contributed by atoms with Gasteiger partial charge in [0.15, 0.2) is 11.5 Å². The Kier molecular flexibility index (Phi) is 3.63. The second-order valence-corrected chi connectivity index (χ2v) is 5.33. The van der Waals surface area contributed by atoms with Gasteiger partial charge in [0.05, 0.1) is 4.47 Å². The Morgan fingerprint density at radius 3 is 2.40 bits per heavy atom. The zero-order valence-corrected chi connectivity index (χ0v) is 12.1. The maximum absolute atomic E-state index is 13.2. The normalized spacial score (nSPS) is 14.9. The summed E-state index contributed by atoms with van der Waals surface area (Å²) in [6.45, 7) is 1.02. The summed E-state index contributed by atoms with van der Waals surface area (Å²) in [5, 5.41) is 10.4. The standard InChI is InChI=1S/C15H12BrFO3/c16-11-7-9(1-3-12(11)17)15(18)10-2-4-13-14(8-10)20-6-5-19-13/h1-4,7-8,15,18H,5-6H2. The Morgan fingerprint density at radius 2 is 1.65 bits per heavy atom. The molecule has 1 heterocycles. The SMILES string of the molecule is OC(c1ccc(F)c(Br)c1)c1ccc2c(c1)OCCO2. The van der Waals surface area contributed by atoms with Crippen LogP contribution in [0, 0.1) is 5.82 Å². The van der Waals surface area contributed by atoms with Crippen LogP contribution in [0.4, 0.5) is 4.39 Å². The van der Waals surface area contributed by atoms with Crippen molar-refractivity contribution in [1.29, 1.82) is 0 Å². The van der Waals surface area contributed by atoms with Crippen LogP contribution in [0.15, 0.2) is 40.9 Å². The Labute approximate surface area is 124 Å². The molecule has 0 bridgehead atoms. The maximum Gasteiger partial charge on any atom is 0.161 e. The molecule has 0 aromatic heterocycles. The number of aliphatic hydroxyl groups is 1. The van der Waals surface area contributed by atoms with Gasteiger partial charge < -0.3 is 14.6 Å². The van der Waals surface area contributed by atoms with Gasteiger partial charge in [0.1, 0.15) is 25.1 Å². The molecule has 20 heavy (non-hydrogen) atoms. The smallest absolute Gasteiger partial charge is 0.161 e. The maximum atomic E-state index is 13.2. The van der Waals surface area contributed by atoms with Gasteiger partial charge in [0.25, 0.3) is 0 Å². The first-order valence-electron chi connectivity index (χ1n) is 6.18. The van der Waals surface area contributed by atoms with Gasteiger partial charge in [-0.25, -0.2) is 4.39 Å². The van der Waals surface area contributed by atoms with Crippen molar-refractivity contribution in [3.63, 3.8) is 0 Å². The molecule has 2 aromatic carbocycles. The van der Waals surface area contributed by atoms with E-state index in [0.717, 1.165) is 0 Å². The number of fused-ring (bicyclic) bond motifs is 1. The molecule has 0 spiro atoms. The predicted molar refractivity (Wildman–Crippen MR) is 75.6 cm³/mol. The third kappa shape index (κ3) is 2.51. The minimum atomic E-state index is -0.845. The van der Waals surface area contributed by atoms with Crippen LogP contribution in [0.3, 0.4) is 0 Å². The molecular weight excluding hydrogens is 327 g/mol.